The van der Waals surface area contributed by atoms with Crippen molar-refractivity contribution in [3.63, 3.8) is 0 Å². The van der Waals surface area contributed by atoms with E-state index < -0.39 is 168 Å². The molecule has 3 fully saturated rings. The number of ether oxygens (including phenoxy) is 1. The molecule has 13 amide bonds. The Hall–Kier alpha value is -10.1. The second-order valence-corrected chi connectivity index (χ2v) is 37.9. The van der Waals surface area contributed by atoms with Gasteiger partial charge in [0.2, 0.25) is 82.7 Å². The summed E-state index contributed by atoms with van der Waals surface area (Å²) >= 11 is 7.10. The van der Waals surface area contributed by atoms with Crippen LogP contribution in [-0.4, -0.2) is 340 Å². The van der Waals surface area contributed by atoms with Crippen LogP contribution in [0.2, 0.25) is 5.02 Å². The molecule has 7 N–H and O–H groups in total. The fourth-order valence-electron chi connectivity index (χ4n) is 17.2. The van der Waals surface area contributed by atoms with Crippen LogP contribution in [0, 0.1) is 47.2 Å². The Bertz CT molecular complexity index is 4520. The van der Waals surface area contributed by atoms with Gasteiger partial charge in [0, 0.05) is 138 Å². The van der Waals surface area contributed by atoms with Crippen LogP contribution in [0.25, 0.3) is 28.1 Å². The van der Waals surface area contributed by atoms with Gasteiger partial charge in [0.15, 0.2) is 0 Å². The van der Waals surface area contributed by atoms with Crippen molar-refractivity contribution in [3.05, 3.63) is 59.4 Å². The Labute approximate surface area is 765 Å². The molecule has 2 aromatic carbocycles. The predicted molar refractivity (Wildman–Crippen MR) is 494 cm³/mol. The third kappa shape index (κ3) is 26.8. The van der Waals surface area contributed by atoms with Gasteiger partial charge in [-0.1, -0.05) is 127 Å². The van der Waals surface area contributed by atoms with Crippen molar-refractivity contribution in [3.8, 4) is 16.9 Å². The number of amides is 13. The standard InChI is InChI=1S/C93H144ClFN18O16/c1-25-65-88(124)103(18)51-74(117)104(19)66(46-52(3)4)85(121)100-77(56(11)12)91(127)105(20)67(47-53(5)6)84(120)97-59(16)83(119)98-60(17)87(123)106(21)68(48-54(7)8)89(125)107(22)69(49-55(9)10)90(126)108(23)79(57(13)14)92(128)109(24)80(86(122)99-65)81(118)58(15)30-27-34-72(115)111-37-39-112(40-38-111)73(116)35-36-96-93-101-78-61-31-29-45-129-70-33-28-32-64(95)76(70)75(61)63(94)50-62(78)82(102-93)113-43-41-110(42-44-113)71(114)26-2/h26,28-29,31-33,50,52-60,65-69,71,77,79-81,114,118H,2,25,27,30,34-49,51H2,1,3-24H3,(H,97,120)(H,98,119)(H,99,122)(H,100,121)(H,96,101,102)/t58-,59+,60-,65+,66+,67+,68+,69+,71?,77+,79+,80+,81-/m1/s1. The molecule has 1 aromatic heterocycles. The molecular weight excluding hydrogens is 1680 g/mol. The maximum Gasteiger partial charge on any atom is 0.246 e. The molecule has 4 aliphatic rings. The topological polar surface area (TPSA) is 393 Å². The molecule has 0 aliphatic carbocycles. The molecule has 7 rings (SSSR count). The molecular formula is C93H144ClFN18O16. The molecule has 0 bridgehead atoms. The fraction of sp³-hybridized carbons (Fsp3) is 0.667. The van der Waals surface area contributed by atoms with Gasteiger partial charge in [-0.05, 0) is 131 Å². The highest BCUT2D eigenvalue weighted by molar-refractivity contribution is 6.35. The van der Waals surface area contributed by atoms with Crippen molar-refractivity contribution in [2.24, 2.45) is 41.4 Å². The van der Waals surface area contributed by atoms with Crippen LogP contribution in [-0.2, 0) is 62.3 Å². The van der Waals surface area contributed by atoms with Crippen molar-refractivity contribution < 1.29 is 81.7 Å². The van der Waals surface area contributed by atoms with E-state index in [1.807, 2.05) is 60.3 Å². The number of anilines is 2. The number of halogens is 2. The van der Waals surface area contributed by atoms with Gasteiger partial charge < -0.3 is 90.5 Å². The maximum atomic E-state index is 15.9. The van der Waals surface area contributed by atoms with Crippen molar-refractivity contribution in [1.29, 1.82) is 0 Å². The third-order valence-corrected chi connectivity index (χ3v) is 25.3. The first-order chi connectivity index (χ1) is 60.6. The zero-order chi connectivity index (χ0) is 96.3. The van der Waals surface area contributed by atoms with Crippen molar-refractivity contribution >= 4 is 117 Å². The number of hydrogen-bond acceptors (Lipinski definition) is 21. The largest absolute Gasteiger partial charge is 0.489 e. The van der Waals surface area contributed by atoms with E-state index in [0.717, 1.165) is 9.80 Å². The molecule has 129 heavy (non-hydrogen) atoms. The lowest BCUT2D eigenvalue weighted by Crippen LogP contribution is -2.63. The van der Waals surface area contributed by atoms with E-state index in [9.17, 15) is 53.4 Å². The predicted octanol–water partition coefficient (Wildman–Crippen LogP) is 6.08. The van der Waals surface area contributed by atoms with Gasteiger partial charge in [-0.3, -0.25) is 67.2 Å². The molecule has 3 aromatic rings. The Morgan fingerprint density at radius 3 is 1.66 bits per heavy atom. The number of aromatic nitrogens is 2. The first-order valence-corrected chi connectivity index (χ1v) is 45.9. The van der Waals surface area contributed by atoms with E-state index in [-0.39, 0.29) is 149 Å². The Kier molecular flexibility index (Phi) is 39.1. The van der Waals surface area contributed by atoms with Crippen LogP contribution < -0.4 is 36.2 Å². The van der Waals surface area contributed by atoms with Gasteiger partial charge in [-0.15, -0.1) is 0 Å². The summed E-state index contributed by atoms with van der Waals surface area (Å²) in [5, 5.41) is 38.5. The second kappa shape index (κ2) is 47.6. The zero-order valence-electron chi connectivity index (χ0n) is 80.0. The molecule has 4 aliphatic heterocycles. The van der Waals surface area contributed by atoms with Gasteiger partial charge in [0.25, 0.3) is 0 Å². The van der Waals surface area contributed by atoms with Crippen LogP contribution in [0.5, 0.6) is 5.75 Å². The lowest BCUT2D eigenvalue weighted by Gasteiger charge is -2.41. The number of benzene rings is 2. The Balaban J connectivity index is 1.14. The van der Waals surface area contributed by atoms with Crippen LogP contribution >= 0.6 is 11.6 Å². The van der Waals surface area contributed by atoms with E-state index in [4.69, 9.17) is 26.3 Å². The summed E-state index contributed by atoms with van der Waals surface area (Å²) in [5.41, 5.74) is 1.60. The molecule has 716 valence electrons. The monoisotopic (exact) mass is 1820 g/mol. The minimum atomic E-state index is -1.79. The van der Waals surface area contributed by atoms with E-state index in [0.29, 0.717) is 59.8 Å². The molecule has 5 heterocycles. The first kappa shape index (κ1) is 106. The van der Waals surface area contributed by atoms with Crippen LogP contribution in [0.1, 0.15) is 174 Å². The molecule has 34 nitrogen and oxygen atoms in total. The van der Waals surface area contributed by atoms with Gasteiger partial charge >= 0.3 is 0 Å². The highest BCUT2D eigenvalue weighted by Gasteiger charge is 2.47. The van der Waals surface area contributed by atoms with Crippen molar-refractivity contribution in [1.82, 2.24) is 80.2 Å². The summed E-state index contributed by atoms with van der Waals surface area (Å²) in [6.07, 6.45) is 3.19. The lowest BCUT2D eigenvalue weighted by molar-refractivity contribution is -0.157. The minimum Gasteiger partial charge on any atom is -0.489 e. The van der Waals surface area contributed by atoms with Crippen LogP contribution in [0.4, 0.5) is 16.2 Å². The number of piperazine rings is 2. The quantitative estimate of drug-likeness (QED) is 0.0499. The van der Waals surface area contributed by atoms with Gasteiger partial charge in [0.1, 0.15) is 90.6 Å². The number of aliphatic hydroxyl groups is 2. The molecule has 3 saturated heterocycles. The van der Waals surface area contributed by atoms with E-state index >= 15 is 23.6 Å². The van der Waals surface area contributed by atoms with Crippen LogP contribution in [0.15, 0.2) is 43.0 Å². The summed E-state index contributed by atoms with van der Waals surface area (Å²) in [4.78, 5) is 218. The number of nitrogens with zero attached hydrogens (tertiary/aromatic N) is 13. The highest BCUT2D eigenvalue weighted by atomic mass is 35.5. The summed E-state index contributed by atoms with van der Waals surface area (Å²) in [5.74, 6) is -10.8. The van der Waals surface area contributed by atoms with E-state index in [1.54, 1.807) is 81.7 Å². The SMILES string of the molecule is C=CC(O)N1CCN(c2nc(NCCC(=O)N3CCN(C(=O)CCC[C@@H](C)[C@@H](O)[C@H]4C(=O)N[C@@H](CC)C(=O)N(C)CC(=O)N(C)[C@@H](CC(C)C)C(=O)N[C@@H](C(C)C)C(=O)N(C)[C@@H](CC(C)C)C(=O)N[C@@H](C)C(=O)N[C@H](C)C(=O)N(C)[C@@H](CC(C)C)C(=O)N(C)[C@@H](CC(C)C)C(=O)N(C)[C@@H](C(C)C)C(=O)N4C)CC3)nc3c4c(c(Cl)cc23)-c2c(F)cccc2OCC=C4)CC1. The average molecular weight is 1820 g/mol. The van der Waals surface area contributed by atoms with E-state index in [2.05, 4.69) is 38.1 Å². The number of likely N-dealkylation sites (N-methyl/N-ethyl adjacent to an activating group) is 7. The van der Waals surface area contributed by atoms with E-state index in [1.165, 1.54) is 99.8 Å². The summed E-state index contributed by atoms with van der Waals surface area (Å²) < 4.78 is 21.8. The number of nitrogens with one attached hydrogen (secondary N) is 5. The van der Waals surface area contributed by atoms with Gasteiger partial charge in [0.05, 0.1) is 28.8 Å². The molecule has 36 heteroatoms. The molecule has 0 spiro atoms. The van der Waals surface area contributed by atoms with Gasteiger partial charge in [-0.2, -0.15) is 4.98 Å². The Morgan fingerprint density at radius 1 is 0.589 bits per heavy atom. The van der Waals surface area contributed by atoms with Crippen molar-refractivity contribution in [2.45, 2.75) is 241 Å². The van der Waals surface area contributed by atoms with Gasteiger partial charge in [-0.25, -0.2) is 9.37 Å². The normalized spacial score (nSPS) is 23.8. The number of fused-ring (bicyclic) bond motifs is 5. The van der Waals surface area contributed by atoms with Crippen molar-refractivity contribution in [2.75, 3.05) is 132 Å². The molecule has 0 radical (unpaired) electrons. The maximum absolute atomic E-state index is 15.9. The number of aliphatic hydroxyl groups excluding tert-OH is 2. The second-order valence-electron chi connectivity index (χ2n) is 37.5. The summed E-state index contributed by atoms with van der Waals surface area (Å²) in [6, 6.07) is -6.88. The third-order valence-electron chi connectivity index (χ3n) is 25.0. The molecule has 13 atom stereocenters. The smallest absolute Gasteiger partial charge is 0.246 e. The average Bonchev–Trinajstić information content (AvgIpc) is 0.738. The number of rotatable bonds is 24. The minimum absolute atomic E-state index is 0.00910. The molecule has 1 unspecified atom stereocenters. The Morgan fingerprint density at radius 2 is 1.11 bits per heavy atom. The highest BCUT2D eigenvalue weighted by Crippen LogP contribution is 2.46. The zero-order valence-corrected chi connectivity index (χ0v) is 80.8. The number of carbonyl (C=O) groups is 13. The lowest BCUT2D eigenvalue weighted by atomic mass is 9.90. The summed E-state index contributed by atoms with van der Waals surface area (Å²) in [6.45, 7) is 33.9. The molecule has 0 saturated carbocycles. The van der Waals surface area contributed by atoms with Crippen LogP contribution in [0.3, 0.4) is 0 Å². The number of carbonyl (C=O) groups excluding carboxylic acids is 13. The number of hydrogen-bond donors (Lipinski definition) is 7. The summed E-state index contributed by atoms with van der Waals surface area (Å²) in [7, 11) is 9.72. The fourth-order valence-corrected chi connectivity index (χ4v) is 17.5. The first-order valence-electron chi connectivity index (χ1n) is 45.5.